The Labute approximate surface area is 108 Å². The van der Waals surface area contributed by atoms with Crippen molar-refractivity contribution in [2.45, 2.75) is 26.0 Å². The SMILES string of the molecule is CC(O)CCN(C)Cc1cccc2cccnc12. The summed E-state index contributed by atoms with van der Waals surface area (Å²) in [7, 11) is 2.07. The number of fused-ring (bicyclic) bond motifs is 1. The van der Waals surface area contributed by atoms with Crippen LogP contribution in [0, 0.1) is 0 Å². The van der Waals surface area contributed by atoms with Crippen LogP contribution in [-0.2, 0) is 6.54 Å². The van der Waals surface area contributed by atoms with Crippen molar-refractivity contribution in [3.8, 4) is 0 Å². The lowest BCUT2D eigenvalue weighted by molar-refractivity contribution is 0.163. The fraction of sp³-hybridized carbons (Fsp3) is 0.400. The van der Waals surface area contributed by atoms with E-state index in [2.05, 4.69) is 41.2 Å². The van der Waals surface area contributed by atoms with Gasteiger partial charge in [0.05, 0.1) is 11.6 Å². The van der Waals surface area contributed by atoms with Crippen LogP contribution in [0.4, 0.5) is 0 Å². The number of hydrogen-bond acceptors (Lipinski definition) is 3. The Bertz CT molecular complexity index is 505. The summed E-state index contributed by atoms with van der Waals surface area (Å²) in [5, 5.41) is 10.5. The molecule has 0 saturated carbocycles. The van der Waals surface area contributed by atoms with Crippen molar-refractivity contribution >= 4 is 10.9 Å². The number of aliphatic hydroxyl groups excluding tert-OH is 1. The number of aliphatic hydroxyl groups is 1. The second-order valence-electron chi connectivity index (χ2n) is 4.87. The molecule has 0 bridgehead atoms. The quantitative estimate of drug-likeness (QED) is 0.877. The molecule has 0 aliphatic carbocycles. The molecule has 96 valence electrons. The highest BCUT2D eigenvalue weighted by Crippen LogP contribution is 2.17. The number of rotatable bonds is 5. The molecule has 1 aromatic heterocycles. The predicted octanol–water partition coefficient (Wildman–Crippen LogP) is 2.44. The van der Waals surface area contributed by atoms with Gasteiger partial charge in [-0.25, -0.2) is 0 Å². The number of aromatic nitrogens is 1. The fourth-order valence-corrected chi connectivity index (χ4v) is 2.07. The van der Waals surface area contributed by atoms with E-state index in [1.165, 1.54) is 10.9 Å². The first kappa shape index (κ1) is 13.0. The van der Waals surface area contributed by atoms with E-state index in [4.69, 9.17) is 0 Å². The zero-order valence-electron chi connectivity index (χ0n) is 11.0. The average Bonchev–Trinajstić information content (AvgIpc) is 2.37. The van der Waals surface area contributed by atoms with Crippen LogP contribution in [0.1, 0.15) is 18.9 Å². The maximum atomic E-state index is 9.30. The lowest BCUT2D eigenvalue weighted by atomic mass is 10.1. The van der Waals surface area contributed by atoms with Gasteiger partial charge >= 0.3 is 0 Å². The highest BCUT2D eigenvalue weighted by atomic mass is 16.3. The van der Waals surface area contributed by atoms with Crippen LogP contribution in [0.25, 0.3) is 10.9 Å². The number of pyridine rings is 1. The van der Waals surface area contributed by atoms with E-state index >= 15 is 0 Å². The van der Waals surface area contributed by atoms with Crippen molar-refractivity contribution in [3.63, 3.8) is 0 Å². The summed E-state index contributed by atoms with van der Waals surface area (Å²) >= 11 is 0. The van der Waals surface area contributed by atoms with Crippen LogP contribution in [0.5, 0.6) is 0 Å². The largest absolute Gasteiger partial charge is 0.393 e. The Morgan fingerprint density at radius 1 is 1.28 bits per heavy atom. The number of para-hydroxylation sites is 1. The van der Waals surface area contributed by atoms with Gasteiger partial charge in [-0.1, -0.05) is 24.3 Å². The molecular weight excluding hydrogens is 224 g/mol. The topological polar surface area (TPSA) is 36.4 Å². The van der Waals surface area contributed by atoms with E-state index in [0.29, 0.717) is 0 Å². The van der Waals surface area contributed by atoms with Crippen molar-refractivity contribution in [1.82, 2.24) is 9.88 Å². The normalized spacial score (nSPS) is 13.1. The van der Waals surface area contributed by atoms with Crippen LogP contribution in [-0.4, -0.2) is 34.7 Å². The van der Waals surface area contributed by atoms with Gasteiger partial charge in [0, 0.05) is 24.7 Å². The molecule has 0 aliphatic rings. The van der Waals surface area contributed by atoms with Crippen LogP contribution >= 0.6 is 0 Å². The molecule has 2 aromatic rings. The Hall–Kier alpha value is -1.45. The smallest absolute Gasteiger partial charge is 0.0746 e. The van der Waals surface area contributed by atoms with Gasteiger partial charge in [-0.2, -0.15) is 0 Å². The van der Waals surface area contributed by atoms with Crippen molar-refractivity contribution in [1.29, 1.82) is 0 Å². The first-order valence-corrected chi connectivity index (χ1v) is 6.36. The van der Waals surface area contributed by atoms with E-state index in [-0.39, 0.29) is 6.10 Å². The maximum absolute atomic E-state index is 9.30. The monoisotopic (exact) mass is 244 g/mol. The third-order valence-corrected chi connectivity index (χ3v) is 3.09. The predicted molar refractivity (Wildman–Crippen MR) is 74.4 cm³/mol. The maximum Gasteiger partial charge on any atom is 0.0746 e. The zero-order valence-corrected chi connectivity index (χ0v) is 11.0. The minimum Gasteiger partial charge on any atom is -0.393 e. The Morgan fingerprint density at radius 2 is 2.06 bits per heavy atom. The summed E-state index contributed by atoms with van der Waals surface area (Å²) in [6.45, 7) is 3.58. The molecule has 18 heavy (non-hydrogen) atoms. The first-order valence-electron chi connectivity index (χ1n) is 6.36. The summed E-state index contributed by atoms with van der Waals surface area (Å²) in [5.41, 5.74) is 2.31. The Morgan fingerprint density at radius 3 is 2.83 bits per heavy atom. The van der Waals surface area contributed by atoms with E-state index in [1.54, 1.807) is 0 Å². The molecular formula is C15H20N2O. The Balaban J connectivity index is 2.11. The minimum absolute atomic E-state index is 0.238. The third kappa shape index (κ3) is 3.28. The second-order valence-corrected chi connectivity index (χ2v) is 4.87. The summed E-state index contributed by atoms with van der Waals surface area (Å²) in [6, 6.07) is 10.3. The molecule has 1 unspecified atom stereocenters. The van der Waals surface area contributed by atoms with Gasteiger partial charge in [0.1, 0.15) is 0 Å². The zero-order chi connectivity index (χ0) is 13.0. The van der Waals surface area contributed by atoms with Gasteiger partial charge in [-0.3, -0.25) is 4.98 Å². The molecule has 3 nitrogen and oxygen atoms in total. The molecule has 1 atom stereocenters. The van der Waals surface area contributed by atoms with Gasteiger partial charge in [0.2, 0.25) is 0 Å². The van der Waals surface area contributed by atoms with Crippen molar-refractivity contribution < 1.29 is 5.11 Å². The summed E-state index contributed by atoms with van der Waals surface area (Å²) < 4.78 is 0. The number of benzene rings is 1. The molecule has 0 fully saturated rings. The van der Waals surface area contributed by atoms with Crippen LogP contribution in [0.3, 0.4) is 0 Å². The van der Waals surface area contributed by atoms with E-state index in [1.807, 2.05) is 19.2 Å². The van der Waals surface area contributed by atoms with E-state index < -0.39 is 0 Å². The van der Waals surface area contributed by atoms with Gasteiger partial charge in [0.15, 0.2) is 0 Å². The van der Waals surface area contributed by atoms with Gasteiger partial charge in [0.25, 0.3) is 0 Å². The average molecular weight is 244 g/mol. The highest BCUT2D eigenvalue weighted by molar-refractivity contribution is 5.81. The van der Waals surface area contributed by atoms with Crippen LogP contribution < -0.4 is 0 Å². The molecule has 0 amide bonds. The molecule has 1 aromatic carbocycles. The minimum atomic E-state index is -0.238. The summed E-state index contributed by atoms with van der Waals surface area (Å²) in [4.78, 5) is 6.67. The molecule has 3 heteroatoms. The lowest BCUT2D eigenvalue weighted by Crippen LogP contribution is -2.22. The summed E-state index contributed by atoms with van der Waals surface area (Å²) in [6.07, 6.45) is 2.40. The molecule has 2 rings (SSSR count). The van der Waals surface area contributed by atoms with E-state index in [9.17, 15) is 5.11 Å². The number of hydrogen-bond donors (Lipinski definition) is 1. The van der Waals surface area contributed by atoms with Gasteiger partial charge in [-0.05, 0) is 32.0 Å². The number of nitrogens with zero attached hydrogens (tertiary/aromatic N) is 2. The molecule has 0 radical (unpaired) electrons. The lowest BCUT2D eigenvalue weighted by Gasteiger charge is -2.18. The van der Waals surface area contributed by atoms with Crippen molar-refractivity contribution in [2.75, 3.05) is 13.6 Å². The molecule has 1 heterocycles. The van der Waals surface area contributed by atoms with Gasteiger partial charge < -0.3 is 10.0 Å². The fourth-order valence-electron chi connectivity index (χ4n) is 2.07. The van der Waals surface area contributed by atoms with Crippen LogP contribution in [0.2, 0.25) is 0 Å². The van der Waals surface area contributed by atoms with Gasteiger partial charge in [-0.15, -0.1) is 0 Å². The third-order valence-electron chi connectivity index (χ3n) is 3.09. The van der Waals surface area contributed by atoms with Crippen molar-refractivity contribution in [2.24, 2.45) is 0 Å². The molecule has 1 N–H and O–H groups in total. The summed E-state index contributed by atoms with van der Waals surface area (Å²) in [5.74, 6) is 0. The first-order chi connectivity index (χ1) is 8.66. The Kier molecular flexibility index (Phi) is 4.28. The molecule has 0 spiro atoms. The molecule has 0 aliphatic heterocycles. The second kappa shape index (κ2) is 5.94. The van der Waals surface area contributed by atoms with Crippen LogP contribution in [0.15, 0.2) is 36.5 Å². The van der Waals surface area contributed by atoms with Crippen molar-refractivity contribution in [3.05, 3.63) is 42.1 Å². The standard InChI is InChI=1S/C15H20N2O/c1-12(18)8-10-17(2)11-14-6-3-5-13-7-4-9-16-15(13)14/h3-7,9,12,18H,8,10-11H2,1-2H3. The molecule has 0 saturated heterocycles. The highest BCUT2D eigenvalue weighted by Gasteiger charge is 2.06. The van der Waals surface area contributed by atoms with E-state index in [0.717, 1.165) is 25.0 Å².